The number of carbonyl (C=O) groups excluding carboxylic acids is 1. The molecule has 0 unspecified atom stereocenters. The molecule has 0 radical (unpaired) electrons. The first kappa shape index (κ1) is 15.5. The van der Waals surface area contributed by atoms with Gasteiger partial charge in [0.15, 0.2) is 5.13 Å². The van der Waals surface area contributed by atoms with Crippen molar-refractivity contribution in [2.45, 2.75) is 19.8 Å². The Morgan fingerprint density at radius 3 is 2.87 bits per heavy atom. The van der Waals surface area contributed by atoms with Crippen LogP contribution < -0.4 is 10.1 Å². The molecular weight excluding hydrogens is 312 g/mol. The Hall–Kier alpha value is -2.41. The monoisotopic (exact) mass is 330 g/mol. The van der Waals surface area contributed by atoms with Gasteiger partial charge in [-0.25, -0.2) is 4.98 Å². The molecule has 3 aromatic rings. The van der Waals surface area contributed by atoms with E-state index in [1.54, 1.807) is 17.9 Å². The van der Waals surface area contributed by atoms with Crippen LogP contribution in [0.5, 0.6) is 5.88 Å². The lowest BCUT2D eigenvalue weighted by Crippen LogP contribution is -2.12. The normalized spacial score (nSPS) is 11.2. The zero-order valence-electron chi connectivity index (χ0n) is 13.5. The second kappa shape index (κ2) is 6.00. The third-order valence-corrected chi connectivity index (χ3v) is 4.46. The van der Waals surface area contributed by atoms with E-state index >= 15 is 0 Å². The number of amides is 1. The van der Waals surface area contributed by atoms with Crippen LogP contribution in [0, 0.1) is 0 Å². The Morgan fingerprint density at radius 1 is 1.39 bits per heavy atom. The third kappa shape index (κ3) is 2.92. The number of aryl methyl sites for hydroxylation is 1. The number of methoxy groups -OCH3 is 1. The first-order valence-electron chi connectivity index (χ1n) is 7.28. The van der Waals surface area contributed by atoms with E-state index in [2.05, 4.69) is 35.3 Å². The summed E-state index contributed by atoms with van der Waals surface area (Å²) in [6, 6.07) is 6.10. The number of hydrogen-bond acceptors (Lipinski definition) is 5. The van der Waals surface area contributed by atoms with Gasteiger partial charge in [0.05, 0.1) is 17.3 Å². The molecule has 0 aliphatic carbocycles. The topological polar surface area (TPSA) is 69.0 Å². The number of rotatable bonds is 4. The van der Waals surface area contributed by atoms with Crippen molar-refractivity contribution in [3.8, 4) is 5.88 Å². The molecule has 7 heteroatoms. The van der Waals surface area contributed by atoms with Crippen molar-refractivity contribution >= 4 is 32.6 Å². The summed E-state index contributed by atoms with van der Waals surface area (Å²) in [6.07, 6.45) is 1.63. The number of nitrogens with one attached hydrogen (secondary N) is 1. The lowest BCUT2D eigenvalue weighted by atomic mass is 10.0. The van der Waals surface area contributed by atoms with Gasteiger partial charge in [-0.2, -0.15) is 0 Å². The summed E-state index contributed by atoms with van der Waals surface area (Å²) < 4.78 is 7.73. The number of benzene rings is 1. The van der Waals surface area contributed by atoms with E-state index < -0.39 is 0 Å². The zero-order valence-corrected chi connectivity index (χ0v) is 14.3. The summed E-state index contributed by atoms with van der Waals surface area (Å²) in [5.41, 5.74) is 2.51. The smallest absolute Gasteiger partial charge is 0.264 e. The van der Waals surface area contributed by atoms with E-state index in [1.165, 1.54) is 24.0 Å². The van der Waals surface area contributed by atoms with Crippen molar-refractivity contribution in [1.82, 2.24) is 14.8 Å². The summed E-state index contributed by atoms with van der Waals surface area (Å²) in [5, 5.41) is 7.50. The maximum atomic E-state index is 12.4. The molecular formula is C16H18N4O2S. The van der Waals surface area contributed by atoms with Gasteiger partial charge in [-0.1, -0.05) is 37.3 Å². The van der Waals surface area contributed by atoms with Gasteiger partial charge >= 0.3 is 0 Å². The third-order valence-electron chi connectivity index (χ3n) is 3.53. The van der Waals surface area contributed by atoms with Crippen LogP contribution in [0.3, 0.4) is 0 Å². The molecule has 0 bridgehead atoms. The standard InChI is InChI=1S/C16H18N4O2S/c1-9(2)10-6-5-7-12-13(10)17-16(23-12)18-14(21)11-8-20(3)19-15(11)22-4/h5-9H,1-4H3,(H,17,18,21). The SMILES string of the molecule is COc1nn(C)cc1C(=O)Nc1nc2c(C(C)C)cccc2s1. The minimum atomic E-state index is -0.278. The minimum absolute atomic E-state index is 0.278. The molecule has 2 heterocycles. The van der Waals surface area contributed by atoms with Crippen molar-refractivity contribution in [1.29, 1.82) is 0 Å². The number of para-hydroxylation sites is 1. The van der Waals surface area contributed by atoms with E-state index in [-0.39, 0.29) is 5.91 Å². The number of carbonyl (C=O) groups is 1. The molecule has 0 fully saturated rings. The van der Waals surface area contributed by atoms with Crippen LogP contribution in [-0.2, 0) is 7.05 Å². The van der Waals surface area contributed by atoms with Gasteiger partial charge < -0.3 is 4.74 Å². The molecule has 23 heavy (non-hydrogen) atoms. The van der Waals surface area contributed by atoms with Crippen LogP contribution in [0.4, 0.5) is 5.13 Å². The number of fused-ring (bicyclic) bond motifs is 1. The zero-order chi connectivity index (χ0) is 16.6. The highest BCUT2D eigenvalue weighted by molar-refractivity contribution is 7.22. The number of anilines is 1. The largest absolute Gasteiger partial charge is 0.479 e. The molecule has 6 nitrogen and oxygen atoms in total. The molecule has 0 atom stereocenters. The number of hydrogen-bond donors (Lipinski definition) is 1. The van der Waals surface area contributed by atoms with Crippen molar-refractivity contribution in [3.63, 3.8) is 0 Å². The van der Waals surface area contributed by atoms with Crippen LogP contribution in [0.25, 0.3) is 10.2 Å². The molecule has 3 rings (SSSR count). The highest BCUT2D eigenvalue weighted by Crippen LogP contribution is 2.32. The first-order chi connectivity index (χ1) is 11.0. The predicted octanol–water partition coefficient (Wildman–Crippen LogP) is 3.41. The molecule has 0 aliphatic heterocycles. The van der Waals surface area contributed by atoms with E-state index in [0.29, 0.717) is 22.5 Å². The molecule has 2 aromatic heterocycles. The van der Waals surface area contributed by atoms with Crippen molar-refractivity contribution in [2.75, 3.05) is 12.4 Å². The fourth-order valence-corrected chi connectivity index (χ4v) is 3.32. The molecule has 1 amide bonds. The fraction of sp³-hybridized carbons (Fsp3) is 0.312. The van der Waals surface area contributed by atoms with Gasteiger partial charge in [0.25, 0.3) is 5.91 Å². The Balaban J connectivity index is 1.92. The lowest BCUT2D eigenvalue weighted by molar-refractivity contribution is 0.102. The fourth-order valence-electron chi connectivity index (χ4n) is 2.43. The maximum Gasteiger partial charge on any atom is 0.264 e. The van der Waals surface area contributed by atoms with Crippen LogP contribution >= 0.6 is 11.3 Å². The van der Waals surface area contributed by atoms with Crippen molar-refractivity contribution < 1.29 is 9.53 Å². The Kier molecular flexibility index (Phi) is 4.04. The van der Waals surface area contributed by atoms with Crippen molar-refractivity contribution in [2.24, 2.45) is 7.05 Å². The van der Waals surface area contributed by atoms with E-state index in [0.717, 1.165) is 10.2 Å². The molecule has 0 spiro atoms. The van der Waals surface area contributed by atoms with Gasteiger partial charge in [0.2, 0.25) is 5.88 Å². The van der Waals surface area contributed by atoms with E-state index in [9.17, 15) is 4.79 Å². The molecule has 1 N–H and O–H groups in total. The Morgan fingerprint density at radius 2 is 2.17 bits per heavy atom. The van der Waals surface area contributed by atoms with Crippen LogP contribution in [0.15, 0.2) is 24.4 Å². The molecule has 0 saturated heterocycles. The first-order valence-corrected chi connectivity index (χ1v) is 8.09. The van der Waals surface area contributed by atoms with Gasteiger partial charge in [0.1, 0.15) is 5.56 Å². The van der Waals surface area contributed by atoms with E-state index in [1.807, 2.05) is 12.1 Å². The summed E-state index contributed by atoms with van der Waals surface area (Å²) >= 11 is 1.46. The summed E-state index contributed by atoms with van der Waals surface area (Å²) in [5.74, 6) is 0.400. The average Bonchev–Trinajstić information content (AvgIpc) is 3.08. The van der Waals surface area contributed by atoms with Gasteiger partial charge in [-0.3, -0.25) is 14.8 Å². The quantitative estimate of drug-likeness (QED) is 0.796. The van der Waals surface area contributed by atoms with Gasteiger partial charge in [-0.15, -0.1) is 5.10 Å². The molecule has 120 valence electrons. The highest BCUT2D eigenvalue weighted by Gasteiger charge is 2.18. The number of nitrogens with zero attached hydrogens (tertiary/aromatic N) is 3. The minimum Gasteiger partial charge on any atom is -0.479 e. The summed E-state index contributed by atoms with van der Waals surface area (Å²) in [4.78, 5) is 17.0. The van der Waals surface area contributed by atoms with Gasteiger partial charge in [0, 0.05) is 13.2 Å². The second-order valence-corrected chi connectivity index (χ2v) is 6.58. The molecule has 1 aromatic carbocycles. The highest BCUT2D eigenvalue weighted by atomic mass is 32.1. The van der Waals surface area contributed by atoms with Gasteiger partial charge in [-0.05, 0) is 17.5 Å². The Labute approximate surface area is 138 Å². The van der Waals surface area contributed by atoms with E-state index in [4.69, 9.17) is 4.74 Å². The number of aromatic nitrogens is 3. The number of thiazole rings is 1. The number of ether oxygens (including phenoxy) is 1. The Bertz CT molecular complexity index is 866. The second-order valence-electron chi connectivity index (χ2n) is 5.55. The summed E-state index contributed by atoms with van der Waals surface area (Å²) in [7, 11) is 3.23. The van der Waals surface area contributed by atoms with Crippen LogP contribution in [0.2, 0.25) is 0 Å². The van der Waals surface area contributed by atoms with Crippen LogP contribution in [0.1, 0.15) is 35.7 Å². The molecule has 0 aliphatic rings. The predicted molar refractivity (Wildman–Crippen MR) is 91.4 cm³/mol. The molecule has 0 saturated carbocycles. The van der Waals surface area contributed by atoms with Crippen molar-refractivity contribution in [3.05, 3.63) is 35.5 Å². The maximum absolute atomic E-state index is 12.4. The summed E-state index contributed by atoms with van der Waals surface area (Å²) in [6.45, 7) is 4.26. The van der Waals surface area contributed by atoms with Crippen LogP contribution in [-0.4, -0.2) is 27.8 Å². The average molecular weight is 330 g/mol. The lowest BCUT2D eigenvalue weighted by Gasteiger charge is -2.04.